The van der Waals surface area contributed by atoms with Gasteiger partial charge in [-0.15, -0.1) is 0 Å². The maximum atomic E-state index is 11.3. The Bertz CT molecular complexity index is 231. The van der Waals surface area contributed by atoms with Crippen molar-refractivity contribution >= 4 is 11.8 Å². The van der Waals surface area contributed by atoms with Gasteiger partial charge in [0.25, 0.3) is 0 Å². The standard InChI is InChI=1S/C10H22N4O2/c1-7(2)5-14-9(15)3-4-13-6-8(11)10(12)16/h7-8,13H,3-6,11H2,1-2H3,(H2,12,16)(H,14,15). The number of carbonyl (C=O) groups excluding carboxylic acids is 2. The smallest absolute Gasteiger partial charge is 0.235 e. The second kappa shape index (κ2) is 8.06. The molecule has 0 radical (unpaired) electrons. The van der Waals surface area contributed by atoms with Crippen molar-refractivity contribution in [1.29, 1.82) is 0 Å². The highest BCUT2D eigenvalue weighted by Gasteiger charge is 2.08. The fourth-order valence-corrected chi connectivity index (χ4v) is 0.966. The molecule has 0 spiro atoms. The van der Waals surface area contributed by atoms with E-state index in [9.17, 15) is 9.59 Å². The van der Waals surface area contributed by atoms with Gasteiger partial charge in [-0.2, -0.15) is 0 Å². The van der Waals surface area contributed by atoms with Crippen LogP contribution in [0.4, 0.5) is 0 Å². The van der Waals surface area contributed by atoms with Crippen LogP contribution in [0.5, 0.6) is 0 Å². The third-order valence-electron chi connectivity index (χ3n) is 1.97. The predicted molar refractivity (Wildman–Crippen MR) is 62.5 cm³/mol. The quantitative estimate of drug-likeness (QED) is 0.382. The van der Waals surface area contributed by atoms with Crippen molar-refractivity contribution in [1.82, 2.24) is 10.6 Å². The highest BCUT2D eigenvalue weighted by Crippen LogP contribution is 1.87. The first-order valence-corrected chi connectivity index (χ1v) is 5.45. The molecule has 0 rings (SSSR count). The second-order valence-electron chi connectivity index (χ2n) is 4.16. The third-order valence-corrected chi connectivity index (χ3v) is 1.97. The monoisotopic (exact) mass is 230 g/mol. The molecule has 6 nitrogen and oxygen atoms in total. The summed E-state index contributed by atoms with van der Waals surface area (Å²) in [5, 5.41) is 5.69. The van der Waals surface area contributed by atoms with Crippen molar-refractivity contribution < 1.29 is 9.59 Å². The van der Waals surface area contributed by atoms with Crippen LogP contribution < -0.4 is 22.1 Å². The van der Waals surface area contributed by atoms with Gasteiger partial charge in [-0.25, -0.2) is 0 Å². The molecule has 1 atom stereocenters. The maximum absolute atomic E-state index is 11.3. The number of hydrogen-bond acceptors (Lipinski definition) is 4. The summed E-state index contributed by atoms with van der Waals surface area (Å²) in [6.07, 6.45) is 0.373. The highest BCUT2D eigenvalue weighted by molar-refractivity contribution is 5.79. The Kier molecular flexibility index (Phi) is 7.49. The Morgan fingerprint density at radius 3 is 2.38 bits per heavy atom. The first-order valence-electron chi connectivity index (χ1n) is 5.45. The highest BCUT2D eigenvalue weighted by atomic mass is 16.2. The molecule has 0 aromatic rings. The van der Waals surface area contributed by atoms with Crippen molar-refractivity contribution in [2.75, 3.05) is 19.6 Å². The summed E-state index contributed by atoms with van der Waals surface area (Å²) in [6.45, 7) is 5.53. The van der Waals surface area contributed by atoms with E-state index in [1.165, 1.54) is 0 Å². The van der Waals surface area contributed by atoms with Crippen molar-refractivity contribution in [2.45, 2.75) is 26.3 Å². The van der Waals surface area contributed by atoms with E-state index in [1.807, 2.05) is 13.8 Å². The summed E-state index contributed by atoms with van der Waals surface area (Å²) in [7, 11) is 0. The lowest BCUT2D eigenvalue weighted by Gasteiger charge is -2.10. The van der Waals surface area contributed by atoms with Crippen LogP contribution in [-0.4, -0.2) is 37.5 Å². The molecule has 0 aromatic carbocycles. The van der Waals surface area contributed by atoms with Gasteiger partial charge >= 0.3 is 0 Å². The van der Waals surface area contributed by atoms with Crippen molar-refractivity contribution in [3.8, 4) is 0 Å². The van der Waals surface area contributed by atoms with E-state index in [4.69, 9.17) is 11.5 Å². The molecule has 0 fully saturated rings. The first-order chi connectivity index (χ1) is 7.43. The Labute approximate surface area is 96.1 Å². The van der Waals surface area contributed by atoms with E-state index in [2.05, 4.69) is 10.6 Å². The van der Waals surface area contributed by atoms with E-state index >= 15 is 0 Å². The Balaban J connectivity index is 3.44. The molecule has 16 heavy (non-hydrogen) atoms. The van der Waals surface area contributed by atoms with Gasteiger partial charge in [0.1, 0.15) is 0 Å². The number of amides is 2. The van der Waals surface area contributed by atoms with Gasteiger partial charge in [-0.3, -0.25) is 9.59 Å². The Morgan fingerprint density at radius 2 is 1.88 bits per heavy atom. The van der Waals surface area contributed by atoms with Gasteiger partial charge in [0.05, 0.1) is 6.04 Å². The summed E-state index contributed by atoms with van der Waals surface area (Å²) in [6, 6.07) is -0.696. The van der Waals surface area contributed by atoms with Crippen LogP contribution in [0.25, 0.3) is 0 Å². The molecule has 0 bridgehead atoms. The second-order valence-corrected chi connectivity index (χ2v) is 4.16. The number of nitrogens with two attached hydrogens (primary N) is 2. The molecule has 2 amide bonds. The van der Waals surface area contributed by atoms with Crippen LogP contribution in [0, 0.1) is 5.92 Å². The van der Waals surface area contributed by atoms with Crippen molar-refractivity contribution in [2.24, 2.45) is 17.4 Å². The number of carbonyl (C=O) groups is 2. The van der Waals surface area contributed by atoms with Crippen LogP contribution in [0.3, 0.4) is 0 Å². The van der Waals surface area contributed by atoms with E-state index in [0.29, 0.717) is 32.0 Å². The number of nitrogens with one attached hydrogen (secondary N) is 2. The van der Waals surface area contributed by atoms with E-state index in [0.717, 1.165) is 0 Å². The van der Waals surface area contributed by atoms with Gasteiger partial charge in [0, 0.05) is 26.1 Å². The molecule has 0 aliphatic heterocycles. The lowest BCUT2D eigenvalue weighted by atomic mass is 10.2. The van der Waals surface area contributed by atoms with Crippen LogP contribution in [-0.2, 0) is 9.59 Å². The minimum absolute atomic E-state index is 0.00570. The number of primary amides is 1. The minimum Gasteiger partial charge on any atom is -0.368 e. The lowest BCUT2D eigenvalue weighted by Crippen LogP contribution is -2.44. The summed E-state index contributed by atoms with van der Waals surface area (Å²) < 4.78 is 0. The number of rotatable bonds is 8. The Morgan fingerprint density at radius 1 is 1.25 bits per heavy atom. The van der Waals surface area contributed by atoms with Crippen molar-refractivity contribution in [3.63, 3.8) is 0 Å². The third kappa shape index (κ3) is 8.19. The van der Waals surface area contributed by atoms with Crippen molar-refractivity contribution in [3.05, 3.63) is 0 Å². The van der Waals surface area contributed by atoms with Gasteiger partial charge < -0.3 is 22.1 Å². The minimum atomic E-state index is -0.696. The maximum Gasteiger partial charge on any atom is 0.235 e. The molecule has 1 unspecified atom stereocenters. The molecule has 0 heterocycles. The molecule has 0 aromatic heterocycles. The summed E-state index contributed by atoms with van der Waals surface area (Å²) in [4.78, 5) is 21.8. The fourth-order valence-electron chi connectivity index (χ4n) is 0.966. The van der Waals surface area contributed by atoms with Crippen LogP contribution in [0.1, 0.15) is 20.3 Å². The van der Waals surface area contributed by atoms with Crippen LogP contribution >= 0.6 is 0 Å². The molecular formula is C10H22N4O2. The molecule has 0 saturated carbocycles. The topological polar surface area (TPSA) is 110 Å². The molecule has 6 heteroatoms. The molecule has 0 saturated heterocycles. The van der Waals surface area contributed by atoms with E-state index in [1.54, 1.807) is 0 Å². The zero-order valence-electron chi connectivity index (χ0n) is 9.95. The van der Waals surface area contributed by atoms with E-state index < -0.39 is 11.9 Å². The van der Waals surface area contributed by atoms with Gasteiger partial charge in [0.15, 0.2) is 0 Å². The van der Waals surface area contributed by atoms with Crippen LogP contribution in [0.15, 0.2) is 0 Å². The largest absolute Gasteiger partial charge is 0.368 e. The summed E-state index contributed by atoms with van der Waals surface area (Å²) in [5.74, 6) is -0.106. The van der Waals surface area contributed by atoms with Gasteiger partial charge in [0.2, 0.25) is 11.8 Å². The average molecular weight is 230 g/mol. The van der Waals surface area contributed by atoms with E-state index in [-0.39, 0.29) is 5.91 Å². The average Bonchev–Trinajstić information content (AvgIpc) is 2.20. The normalized spacial score (nSPS) is 12.5. The molecule has 0 aliphatic rings. The SMILES string of the molecule is CC(C)CNC(=O)CCNCC(N)C(N)=O. The zero-order valence-corrected chi connectivity index (χ0v) is 9.95. The summed E-state index contributed by atoms with van der Waals surface area (Å²) >= 11 is 0. The lowest BCUT2D eigenvalue weighted by molar-refractivity contribution is -0.121. The molecule has 0 aliphatic carbocycles. The molecule has 94 valence electrons. The Hall–Kier alpha value is -1.14. The summed E-state index contributed by atoms with van der Waals surface area (Å²) in [5.41, 5.74) is 10.4. The zero-order chi connectivity index (χ0) is 12.6. The van der Waals surface area contributed by atoms with Crippen LogP contribution in [0.2, 0.25) is 0 Å². The molecule has 6 N–H and O–H groups in total. The molecular weight excluding hydrogens is 208 g/mol. The van der Waals surface area contributed by atoms with Gasteiger partial charge in [-0.05, 0) is 5.92 Å². The number of hydrogen-bond donors (Lipinski definition) is 4. The predicted octanol–water partition coefficient (Wildman–Crippen LogP) is -1.45. The first kappa shape index (κ1) is 14.9. The fraction of sp³-hybridized carbons (Fsp3) is 0.800. The van der Waals surface area contributed by atoms with Gasteiger partial charge in [-0.1, -0.05) is 13.8 Å².